The van der Waals surface area contributed by atoms with Crippen molar-refractivity contribution in [3.63, 3.8) is 0 Å². The molecule has 0 atom stereocenters. The van der Waals surface area contributed by atoms with Gasteiger partial charge in [-0.05, 0) is 24.1 Å². The lowest BCUT2D eigenvalue weighted by Gasteiger charge is -2.05. The lowest BCUT2D eigenvalue weighted by molar-refractivity contribution is -0.0836. The smallest absolute Gasteiger partial charge is 0.165 e. The maximum Gasteiger partial charge on any atom is 0.426 e. The Morgan fingerprint density at radius 1 is 1.29 bits per heavy atom. The van der Waals surface area contributed by atoms with Crippen molar-refractivity contribution >= 4 is 17.7 Å². The minimum Gasteiger partial charge on any atom is -0.165 e. The summed E-state index contributed by atoms with van der Waals surface area (Å²) in [6, 6.07) is 6.74. The average Bonchev–Trinajstić information content (AvgIpc) is 2.07. The summed E-state index contributed by atoms with van der Waals surface area (Å²) in [5.41, 5.74) is 1.24. The van der Waals surface area contributed by atoms with Gasteiger partial charge in [-0.1, -0.05) is 35.9 Å². The fourth-order valence-corrected chi connectivity index (χ4v) is 1.08. The maximum absolute atomic E-state index is 12.1. The summed E-state index contributed by atoms with van der Waals surface area (Å²) >= 11 is 5.10. The zero-order chi connectivity index (χ0) is 10.8. The summed E-state index contributed by atoms with van der Waals surface area (Å²) in [6.45, 7) is 1.73. The Morgan fingerprint density at radius 3 is 2.36 bits per heavy atom. The molecule has 0 heterocycles. The predicted octanol–water partition coefficient (Wildman–Crippen LogP) is 4.14. The van der Waals surface area contributed by atoms with Crippen LogP contribution in [0.5, 0.6) is 0 Å². The number of rotatable bonds is 1. The van der Waals surface area contributed by atoms with Gasteiger partial charge in [0, 0.05) is 0 Å². The van der Waals surface area contributed by atoms with E-state index in [9.17, 15) is 13.2 Å². The van der Waals surface area contributed by atoms with Crippen molar-refractivity contribution in [2.45, 2.75) is 13.1 Å². The van der Waals surface area contributed by atoms with E-state index in [-0.39, 0.29) is 0 Å². The molecule has 0 nitrogen and oxygen atoms in total. The molecule has 0 N–H and O–H groups in total. The predicted molar refractivity (Wildman–Crippen MR) is 51.1 cm³/mol. The number of aryl methyl sites for hydroxylation is 1. The van der Waals surface area contributed by atoms with Crippen LogP contribution >= 0.6 is 11.6 Å². The van der Waals surface area contributed by atoms with Gasteiger partial charge >= 0.3 is 6.18 Å². The first-order chi connectivity index (χ1) is 6.41. The second kappa shape index (κ2) is 4.05. The molecular weight excluding hydrogens is 213 g/mol. The van der Waals surface area contributed by atoms with E-state index in [0.717, 1.165) is 11.6 Å². The van der Waals surface area contributed by atoms with Crippen molar-refractivity contribution in [1.82, 2.24) is 0 Å². The summed E-state index contributed by atoms with van der Waals surface area (Å²) in [5.74, 6) is 0. The van der Waals surface area contributed by atoms with Crippen LogP contribution in [0.1, 0.15) is 11.1 Å². The molecule has 14 heavy (non-hydrogen) atoms. The topological polar surface area (TPSA) is 0 Å². The second-order valence-electron chi connectivity index (χ2n) is 2.85. The van der Waals surface area contributed by atoms with Crippen LogP contribution in [0.4, 0.5) is 13.2 Å². The van der Waals surface area contributed by atoms with Crippen LogP contribution in [0.25, 0.3) is 6.08 Å². The molecule has 0 aliphatic rings. The van der Waals surface area contributed by atoms with Crippen LogP contribution in [0.15, 0.2) is 29.3 Å². The van der Waals surface area contributed by atoms with Gasteiger partial charge in [0.2, 0.25) is 0 Å². The molecule has 1 aromatic rings. The zero-order valence-electron chi connectivity index (χ0n) is 7.40. The molecule has 0 amide bonds. The summed E-state index contributed by atoms with van der Waals surface area (Å²) < 4.78 is 36.2. The van der Waals surface area contributed by atoms with Gasteiger partial charge in [-0.3, -0.25) is 0 Å². The van der Waals surface area contributed by atoms with Crippen molar-refractivity contribution in [3.05, 3.63) is 40.4 Å². The standard InChI is InChI=1S/C10H8ClF3/c1-7-4-2-3-5-8(7)6-9(11)10(12,13)14/h2-6H,1H3. The fraction of sp³-hybridized carbons (Fsp3) is 0.200. The van der Waals surface area contributed by atoms with E-state index in [1.807, 2.05) is 0 Å². The summed E-state index contributed by atoms with van der Waals surface area (Å²) in [6.07, 6.45) is -3.54. The molecule has 0 saturated carbocycles. The van der Waals surface area contributed by atoms with Crippen molar-refractivity contribution in [2.24, 2.45) is 0 Å². The first-order valence-corrected chi connectivity index (χ1v) is 4.29. The van der Waals surface area contributed by atoms with Crippen LogP contribution in [0, 0.1) is 6.92 Å². The van der Waals surface area contributed by atoms with Gasteiger partial charge < -0.3 is 0 Å². The van der Waals surface area contributed by atoms with Crippen molar-refractivity contribution in [2.75, 3.05) is 0 Å². The van der Waals surface area contributed by atoms with E-state index >= 15 is 0 Å². The van der Waals surface area contributed by atoms with E-state index in [1.165, 1.54) is 0 Å². The molecule has 1 rings (SSSR count). The molecule has 0 unspecified atom stereocenters. The van der Waals surface area contributed by atoms with E-state index < -0.39 is 11.2 Å². The Morgan fingerprint density at radius 2 is 1.86 bits per heavy atom. The molecular formula is C10H8ClF3. The molecule has 76 valence electrons. The molecule has 0 fully saturated rings. The van der Waals surface area contributed by atoms with Crippen LogP contribution in [-0.2, 0) is 0 Å². The highest BCUT2D eigenvalue weighted by Gasteiger charge is 2.32. The maximum atomic E-state index is 12.1. The van der Waals surface area contributed by atoms with Gasteiger partial charge in [-0.2, -0.15) is 13.2 Å². The van der Waals surface area contributed by atoms with E-state index in [4.69, 9.17) is 11.6 Å². The molecule has 0 saturated heterocycles. The molecule has 1 aromatic carbocycles. The SMILES string of the molecule is Cc1ccccc1C=C(Cl)C(F)(F)F. The van der Waals surface area contributed by atoms with Gasteiger partial charge in [0.15, 0.2) is 0 Å². The Bertz CT molecular complexity index is 353. The minimum absolute atomic E-state index is 0.481. The molecule has 4 heteroatoms. The first kappa shape index (κ1) is 11.1. The van der Waals surface area contributed by atoms with Gasteiger partial charge in [0.05, 0.1) is 0 Å². The third-order valence-corrected chi connectivity index (χ3v) is 2.06. The number of allylic oxidation sites excluding steroid dienone is 1. The van der Waals surface area contributed by atoms with Crippen molar-refractivity contribution in [1.29, 1.82) is 0 Å². The lowest BCUT2D eigenvalue weighted by atomic mass is 10.1. The van der Waals surface area contributed by atoms with Gasteiger partial charge in [-0.15, -0.1) is 0 Å². The first-order valence-electron chi connectivity index (χ1n) is 3.91. The lowest BCUT2D eigenvalue weighted by Crippen LogP contribution is -2.06. The van der Waals surface area contributed by atoms with Gasteiger partial charge in [-0.25, -0.2) is 0 Å². The Kier molecular flexibility index (Phi) is 3.21. The van der Waals surface area contributed by atoms with Crippen molar-refractivity contribution in [3.8, 4) is 0 Å². The second-order valence-corrected chi connectivity index (χ2v) is 3.25. The largest absolute Gasteiger partial charge is 0.426 e. The van der Waals surface area contributed by atoms with Gasteiger partial charge in [0.1, 0.15) is 5.03 Å². The number of hydrogen-bond donors (Lipinski definition) is 0. The molecule has 0 bridgehead atoms. The summed E-state index contributed by atoms with van der Waals surface area (Å²) in [4.78, 5) is 0. The highest BCUT2D eigenvalue weighted by Crippen LogP contribution is 2.30. The van der Waals surface area contributed by atoms with Crippen LogP contribution in [0.3, 0.4) is 0 Å². The van der Waals surface area contributed by atoms with Crippen molar-refractivity contribution < 1.29 is 13.2 Å². The third kappa shape index (κ3) is 2.77. The zero-order valence-corrected chi connectivity index (χ0v) is 8.15. The Hall–Kier alpha value is -0.960. The van der Waals surface area contributed by atoms with Crippen LogP contribution in [0.2, 0.25) is 0 Å². The number of halogens is 4. The average molecular weight is 221 g/mol. The van der Waals surface area contributed by atoms with E-state index in [2.05, 4.69) is 0 Å². The highest BCUT2D eigenvalue weighted by atomic mass is 35.5. The summed E-state index contributed by atoms with van der Waals surface area (Å²) in [7, 11) is 0. The number of benzene rings is 1. The quantitative estimate of drug-likeness (QED) is 0.667. The molecule has 0 spiro atoms. The van der Waals surface area contributed by atoms with E-state index in [0.29, 0.717) is 5.56 Å². The Labute approximate surface area is 85.0 Å². The number of alkyl halides is 3. The monoisotopic (exact) mass is 220 g/mol. The normalized spacial score (nSPS) is 13.1. The van der Waals surface area contributed by atoms with Crippen LogP contribution in [-0.4, -0.2) is 6.18 Å². The highest BCUT2D eigenvalue weighted by molar-refractivity contribution is 6.32. The molecule has 0 aliphatic carbocycles. The fourth-order valence-electron chi connectivity index (χ4n) is 0.967. The molecule has 0 radical (unpaired) electrons. The minimum atomic E-state index is -4.47. The summed E-state index contributed by atoms with van der Waals surface area (Å²) in [5, 5.41) is -1.10. The third-order valence-electron chi connectivity index (χ3n) is 1.74. The van der Waals surface area contributed by atoms with Crippen LogP contribution < -0.4 is 0 Å². The van der Waals surface area contributed by atoms with E-state index in [1.54, 1.807) is 31.2 Å². The number of hydrogen-bond acceptors (Lipinski definition) is 0. The van der Waals surface area contributed by atoms with Gasteiger partial charge in [0.25, 0.3) is 0 Å². The molecule has 0 aromatic heterocycles. The Balaban J connectivity index is 3.04. The molecule has 0 aliphatic heterocycles.